The minimum Gasteiger partial charge on any atom is -0.383 e. The second-order valence-corrected chi connectivity index (χ2v) is 4.12. The molecule has 5 nitrogen and oxygen atoms in total. The van der Waals surface area contributed by atoms with Crippen LogP contribution in [0.1, 0.15) is 22.8 Å². The van der Waals surface area contributed by atoms with Crippen molar-refractivity contribution in [3.8, 4) is 11.4 Å². The number of carbonyl (C=O) groups is 1. The van der Waals surface area contributed by atoms with Crippen molar-refractivity contribution >= 4 is 11.7 Å². The monoisotopic (exact) mass is 256 g/mol. The SMILES string of the molecule is CCc1ccc(-c2ncc(C(=O)NC)c(N)n2)cc1. The molecule has 0 fully saturated rings. The zero-order valence-electron chi connectivity index (χ0n) is 11.0. The van der Waals surface area contributed by atoms with E-state index >= 15 is 0 Å². The highest BCUT2D eigenvalue weighted by molar-refractivity contribution is 5.98. The van der Waals surface area contributed by atoms with Gasteiger partial charge in [0.05, 0.1) is 5.56 Å². The number of carbonyl (C=O) groups excluding carboxylic acids is 1. The van der Waals surface area contributed by atoms with Crippen molar-refractivity contribution in [2.45, 2.75) is 13.3 Å². The van der Waals surface area contributed by atoms with Crippen LogP contribution in [0, 0.1) is 0 Å². The molecule has 1 aromatic carbocycles. The molecule has 0 aliphatic carbocycles. The Hall–Kier alpha value is -2.43. The third-order valence-corrected chi connectivity index (χ3v) is 2.91. The highest BCUT2D eigenvalue weighted by Gasteiger charge is 2.11. The lowest BCUT2D eigenvalue weighted by Gasteiger charge is -2.06. The van der Waals surface area contributed by atoms with E-state index in [-0.39, 0.29) is 17.3 Å². The number of nitrogen functional groups attached to an aromatic ring is 1. The summed E-state index contributed by atoms with van der Waals surface area (Å²) in [6.45, 7) is 2.10. The molecule has 2 aromatic rings. The lowest BCUT2D eigenvalue weighted by Crippen LogP contribution is -2.20. The van der Waals surface area contributed by atoms with E-state index in [4.69, 9.17) is 5.73 Å². The van der Waals surface area contributed by atoms with E-state index < -0.39 is 0 Å². The second-order valence-electron chi connectivity index (χ2n) is 4.12. The van der Waals surface area contributed by atoms with Gasteiger partial charge in [-0.1, -0.05) is 31.2 Å². The van der Waals surface area contributed by atoms with Crippen molar-refractivity contribution in [2.24, 2.45) is 0 Å². The Kier molecular flexibility index (Phi) is 3.75. The molecule has 1 aromatic heterocycles. The average Bonchev–Trinajstić information content (AvgIpc) is 2.46. The van der Waals surface area contributed by atoms with Crippen molar-refractivity contribution in [3.63, 3.8) is 0 Å². The Morgan fingerprint density at radius 3 is 2.53 bits per heavy atom. The number of nitrogens with two attached hydrogens (primary N) is 1. The molecule has 0 atom stereocenters. The number of hydrogen-bond acceptors (Lipinski definition) is 4. The number of aryl methyl sites for hydroxylation is 1. The molecule has 1 heterocycles. The van der Waals surface area contributed by atoms with Crippen molar-refractivity contribution in [1.82, 2.24) is 15.3 Å². The number of rotatable bonds is 3. The third kappa shape index (κ3) is 2.70. The van der Waals surface area contributed by atoms with Gasteiger partial charge in [0.1, 0.15) is 5.82 Å². The van der Waals surface area contributed by atoms with Gasteiger partial charge in [0.2, 0.25) is 0 Å². The van der Waals surface area contributed by atoms with Gasteiger partial charge in [-0.2, -0.15) is 0 Å². The van der Waals surface area contributed by atoms with Gasteiger partial charge < -0.3 is 11.1 Å². The van der Waals surface area contributed by atoms with Crippen LogP contribution in [0.5, 0.6) is 0 Å². The fourth-order valence-corrected chi connectivity index (χ4v) is 1.73. The summed E-state index contributed by atoms with van der Waals surface area (Å²) >= 11 is 0. The number of nitrogens with one attached hydrogen (secondary N) is 1. The van der Waals surface area contributed by atoms with Gasteiger partial charge in [-0.05, 0) is 12.0 Å². The summed E-state index contributed by atoms with van der Waals surface area (Å²) in [5, 5.41) is 2.50. The van der Waals surface area contributed by atoms with Gasteiger partial charge >= 0.3 is 0 Å². The van der Waals surface area contributed by atoms with Crippen molar-refractivity contribution in [1.29, 1.82) is 0 Å². The molecule has 0 aliphatic heterocycles. The molecule has 0 spiro atoms. The Bertz CT molecular complexity index is 593. The highest BCUT2D eigenvalue weighted by atomic mass is 16.1. The zero-order chi connectivity index (χ0) is 13.8. The molecular weight excluding hydrogens is 240 g/mol. The van der Waals surface area contributed by atoms with Crippen LogP contribution in [-0.4, -0.2) is 22.9 Å². The molecule has 0 radical (unpaired) electrons. The van der Waals surface area contributed by atoms with Crippen molar-refractivity contribution < 1.29 is 4.79 Å². The molecule has 2 rings (SSSR count). The lowest BCUT2D eigenvalue weighted by atomic mass is 10.1. The fraction of sp³-hybridized carbons (Fsp3) is 0.214. The first-order valence-corrected chi connectivity index (χ1v) is 6.09. The maximum atomic E-state index is 11.5. The van der Waals surface area contributed by atoms with Crippen LogP contribution in [0.4, 0.5) is 5.82 Å². The van der Waals surface area contributed by atoms with Gasteiger partial charge in [0, 0.05) is 18.8 Å². The van der Waals surface area contributed by atoms with E-state index in [1.54, 1.807) is 7.05 Å². The van der Waals surface area contributed by atoms with Crippen LogP contribution >= 0.6 is 0 Å². The van der Waals surface area contributed by atoms with Gasteiger partial charge in [-0.25, -0.2) is 9.97 Å². The molecule has 19 heavy (non-hydrogen) atoms. The average molecular weight is 256 g/mol. The number of anilines is 1. The molecule has 0 aliphatic rings. The molecular formula is C14H16N4O. The largest absolute Gasteiger partial charge is 0.383 e. The van der Waals surface area contributed by atoms with Crippen LogP contribution in [-0.2, 0) is 6.42 Å². The van der Waals surface area contributed by atoms with Gasteiger partial charge in [-0.3, -0.25) is 4.79 Å². The van der Waals surface area contributed by atoms with Gasteiger partial charge in [0.25, 0.3) is 5.91 Å². The molecule has 5 heteroatoms. The minimum absolute atomic E-state index is 0.184. The van der Waals surface area contributed by atoms with E-state index in [1.807, 2.05) is 24.3 Å². The van der Waals surface area contributed by atoms with Crippen molar-refractivity contribution in [2.75, 3.05) is 12.8 Å². The molecule has 1 amide bonds. The van der Waals surface area contributed by atoms with Crippen LogP contribution in [0.2, 0.25) is 0 Å². The number of amides is 1. The number of nitrogens with zero attached hydrogens (tertiary/aromatic N) is 2. The summed E-state index contributed by atoms with van der Waals surface area (Å²) in [6.07, 6.45) is 2.43. The molecule has 0 saturated carbocycles. The Balaban J connectivity index is 2.35. The van der Waals surface area contributed by atoms with E-state index in [0.29, 0.717) is 5.82 Å². The summed E-state index contributed by atoms with van der Waals surface area (Å²) in [6, 6.07) is 7.96. The van der Waals surface area contributed by atoms with Crippen LogP contribution in [0.15, 0.2) is 30.5 Å². The third-order valence-electron chi connectivity index (χ3n) is 2.91. The first-order chi connectivity index (χ1) is 9.15. The standard InChI is InChI=1S/C14H16N4O/c1-3-9-4-6-10(7-5-9)13-17-8-11(12(15)18-13)14(19)16-2/h4-8H,3H2,1-2H3,(H,16,19)(H2,15,17,18). The lowest BCUT2D eigenvalue weighted by molar-refractivity contribution is 0.0963. The highest BCUT2D eigenvalue weighted by Crippen LogP contribution is 2.18. The number of hydrogen-bond donors (Lipinski definition) is 2. The van der Waals surface area contributed by atoms with Crippen LogP contribution in [0.25, 0.3) is 11.4 Å². The smallest absolute Gasteiger partial charge is 0.256 e. The number of benzene rings is 1. The quantitative estimate of drug-likeness (QED) is 0.875. The Morgan fingerprint density at radius 1 is 1.32 bits per heavy atom. The second kappa shape index (κ2) is 5.48. The van der Waals surface area contributed by atoms with E-state index in [9.17, 15) is 4.79 Å². The maximum Gasteiger partial charge on any atom is 0.256 e. The van der Waals surface area contributed by atoms with Crippen LogP contribution < -0.4 is 11.1 Å². The summed E-state index contributed by atoms with van der Waals surface area (Å²) in [7, 11) is 1.54. The normalized spacial score (nSPS) is 10.2. The Labute approximate surface area is 111 Å². The maximum absolute atomic E-state index is 11.5. The first-order valence-electron chi connectivity index (χ1n) is 6.09. The topological polar surface area (TPSA) is 80.9 Å². The molecule has 3 N–H and O–H groups in total. The fourth-order valence-electron chi connectivity index (χ4n) is 1.73. The number of aromatic nitrogens is 2. The van der Waals surface area contributed by atoms with E-state index in [0.717, 1.165) is 12.0 Å². The van der Waals surface area contributed by atoms with Crippen molar-refractivity contribution in [3.05, 3.63) is 41.6 Å². The minimum atomic E-state index is -0.287. The predicted octanol–water partition coefficient (Wildman–Crippen LogP) is 1.65. The van der Waals surface area contributed by atoms with E-state index in [1.165, 1.54) is 11.8 Å². The molecule has 98 valence electrons. The summed E-state index contributed by atoms with van der Waals surface area (Å²) in [4.78, 5) is 19.9. The van der Waals surface area contributed by atoms with Crippen LogP contribution in [0.3, 0.4) is 0 Å². The molecule has 0 bridgehead atoms. The van der Waals surface area contributed by atoms with E-state index in [2.05, 4.69) is 22.2 Å². The molecule has 0 unspecified atom stereocenters. The summed E-state index contributed by atoms with van der Waals surface area (Å²) < 4.78 is 0. The molecule has 0 saturated heterocycles. The summed E-state index contributed by atoms with van der Waals surface area (Å²) in [5.41, 5.74) is 8.20. The van der Waals surface area contributed by atoms with Gasteiger partial charge in [0.15, 0.2) is 5.82 Å². The predicted molar refractivity (Wildman–Crippen MR) is 74.6 cm³/mol. The zero-order valence-corrected chi connectivity index (χ0v) is 11.0. The van der Waals surface area contributed by atoms with Gasteiger partial charge in [-0.15, -0.1) is 0 Å². The summed E-state index contributed by atoms with van der Waals surface area (Å²) in [5.74, 6) is 0.419. The Morgan fingerprint density at radius 2 is 2.00 bits per heavy atom. The first kappa shape index (κ1) is 13.0.